The minimum atomic E-state index is 0.120. The van der Waals surface area contributed by atoms with Crippen LogP contribution in [0.25, 0.3) is 0 Å². The molecule has 0 spiro atoms. The van der Waals surface area contributed by atoms with Crippen molar-refractivity contribution in [2.24, 2.45) is 5.84 Å². The lowest BCUT2D eigenvalue weighted by atomic mass is 9.85. The maximum absolute atomic E-state index is 5.39. The molecule has 0 saturated heterocycles. The number of nitrogens with one attached hydrogen (secondary N) is 1. The first kappa shape index (κ1) is 10.2. The van der Waals surface area contributed by atoms with E-state index in [0.717, 1.165) is 0 Å². The lowest BCUT2D eigenvalue weighted by Gasteiger charge is -2.24. The Hall–Kier alpha value is -1.30. The van der Waals surface area contributed by atoms with Gasteiger partial charge in [-0.25, -0.2) is 5.43 Å². The van der Waals surface area contributed by atoms with Gasteiger partial charge >= 0.3 is 0 Å². The fraction of sp³-hybridized carbons (Fsp3) is 0.385. The van der Waals surface area contributed by atoms with Gasteiger partial charge in [0.05, 0.1) is 12.0 Å². The molecule has 2 rings (SSSR count). The molecular formula is C13H16N2. The summed E-state index contributed by atoms with van der Waals surface area (Å²) >= 11 is 0. The largest absolute Gasteiger partial charge is 0.270 e. The minimum Gasteiger partial charge on any atom is -0.270 e. The van der Waals surface area contributed by atoms with E-state index < -0.39 is 0 Å². The van der Waals surface area contributed by atoms with Crippen LogP contribution in [0.2, 0.25) is 0 Å². The Bertz CT molecular complexity index is 395. The average molecular weight is 200 g/mol. The molecule has 0 amide bonds. The van der Waals surface area contributed by atoms with Crippen molar-refractivity contribution in [2.45, 2.75) is 31.7 Å². The summed E-state index contributed by atoms with van der Waals surface area (Å²) in [5, 5.41) is 0. The van der Waals surface area contributed by atoms with Gasteiger partial charge < -0.3 is 0 Å². The third-order valence-corrected chi connectivity index (χ3v) is 2.87. The van der Waals surface area contributed by atoms with Gasteiger partial charge in [-0.3, -0.25) is 5.84 Å². The Kier molecular flexibility index (Phi) is 2.77. The molecule has 1 aromatic rings. The van der Waals surface area contributed by atoms with Crippen molar-refractivity contribution in [3.05, 3.63) is 35.4 Å². The molecule has 0 aromatic heterocycles. The highest BCUT2D eigenvalue weighted by Crippen LogP contribution is 2.25. The third kappa shape index (κ3) is 1.90. The van der Waals surface area contributed by atoms with Crippen LogP contribution in [0.3, 0.4) is 0 Å². The van der Waals surface area contributed by atoms with Gasteiger partial charge in [-0.2, -0.15) is 0 Å². The third-order valence-electron chi connectivity index (χ3n) is 2.87. The summed E-state index contributed by atoms with van der Waals surface area (Å²) in [6.45, 7) is 4.39. The summed E-state index contributed by atoms with van der Waals surface area (Å²) in [6.07, 6.45) is 0. The Balaban J connectivity index is 2.16. The van der Waals surface area contributed by atoms with Crippen LogP contribution in [-0.2, 0) is 0 Å². The van der Waals surface area contributed by atoms with E-state index in [1.54, 1.807) is 0 Å². The number of nitrogens with two attached hydrogens (primary N) is 1. The fourth-order valence-electron chi connectivity index (χ4n) is 1.75. The summed E-state index contributed by atoms with van der Waals surface area (Å²) in [7, 11) is 0. The zero-order valence-corrected chi connectivity index (χ0v) is 9.12. The number of benzene rings is 1. The number of hydrogen-bond donors (Lipinski definition) is 2. The molecule has 0 fully saturated rings. The van der Waals surface area contributed by atoms with E-state index in [2.05, 4.69) is 55.4 Å². The Labute approximate surface area is 90.8 Å². The SMILES string of the molecule is CC(C)c1ccc(C2C#CC2NN)cc1. The van der Waals surface area contributed by atoms with Crippen molar-refractivity contribution in [3.63, 3.8) is 0 Å². The van der Waals surface area contributed by atoms with Crippen molar-refractivity contribution in [1.29, 1.82) is 0 Å². The monoisotopic (exact) mass is 200 g/mol. The van der Waals surface area contributed by atoms with E-state index >= 15 is 0 Å². The molecule has 2 heteroatoms. The first-order valence-electron chi connectivity index (χ1n) is 5.29. The molecule has 0 saturated carbocycles. The molecule has 78 valence electrons. The van der Waals surface area contributed by atoms with E-state index in [0.29, 0.717) is 5.92 Å². The van der Waals surface area contributed by atoms with Crippen LogP contribution < -0.4 is 11.3 Å². The van der Waals surface area contributed by atoms with Gasteiger partial charge in [-0.1, -0.05) is 50.0 Å². The predicted octanol–water partition coefficient (Wildman–Crippen LogP) is 1.74. The molecule has 0 aliphatic heterocycles. The van der Waals surface area contributed by atoms with Crippen LogP contribution in [-0.4, -0.2) is 6.04 Å². The maximum atomic E-state index is 5.39. The van der Waals surface area contributed by atoms with Crippen LogP contribution in [0.15, 0.2) is 24.3 Å². The van der Waals surface area contributed by atoms with Crippen LogP contribution >= 0.6 is 0 Å². The van der Waals surface area contributed by atoms with Crippen molar-refractivity contribution in [2.75, 3.05) is 0 Å². The zero-order valence-electron chi connectivity index (χ0n) is 9.12. The topological polar surface area (TPSA) is 38.0 Å². The second-order valence-corrected chi connectivity index (χ2v) is 4.23. The summed E-state index contributed by atoms with van der Waals surface area (Å²) in [5.74, 6) is 12.3. The second kappa shape index (κ2) is 4.06. The van der Waals surface area contributed by atoms with Gasteiger partial charge in [0.1, 0.15) is 0 Å². The van der Waals surface area contributed by atoms with Crippen LogP contribution in [0.1, 0.15) is 36.8 Å². The minimum absolute atomic E-state index is 0.120. The van der Waals surface area contributed by atoms with E-state index in [1.807, 2.05) is 0 Å². The van der Waals surface area contributed by atoms with E-state index in [1.165, 1.54) is 11.1 Å². The first-order chi connectivity index (χ1) is 7.22. The second-order valence-electron chi connectivity index (χ2n) is 4.23. The van der Waals surface area contributed by atoms with Gasteiger partial charge in [-0.15, -0.1) is 0 Å². The lowest BCUT2D eigenvalue weighted by Crippen LogP contribution is -2.42. The quantitative estimate of drug-likeness (QED) is 0.443. The molecule has 0 radical (unpaired) electrons. The van der Waals surface area contributed by atoms with Crippen LogP contribution in [0.5, 0.6) is 0 Å². The van der Waals surface area contributed by atoms with E-state index in [-0.39, 0.29) is 12.0 Å². The Morgan fingerprint density at radius 2 is 1.87 bits per heavy atom. The summed E-state index contributed by atoms with van der Waals surface area (Å²) in [6, 6.07) is 8.77. The van der Waals surface area contributed by atoms with Gasteiger partial charge in [0.25, 0.3) is 0 Å². The van der Waals surface area contributed by atoms with Crippen molar-refractivity contribution in [3.8, 4) is 11.8 Å². The normalized spacial score (nSPS) is 23.2. The lowest BCUT2D eigenvalue weighted by molar-refractivity contribution is 0.570. The molecule has 0 heterocycles. The molecule has 2 unspecified atom stereocenters. The Morgan fingerprint density at radius 3 is 2.27 bits per heavy atom. The predicted molar refractivity (Wildman–Crippen MR) is 62.2 cm³/mol. The maximum Gasteiger partial charge on any atom is 0.0995 e. The molecule has 1 aliphatic rings. The summed E-state index contributed by atoms with van der Waals surface area (Å²) < 4.78 is 0. The first-order valence-corrected chi connectivity index (χ1v) is 5.29. The van der Waals surface area contributed by atoms with Crippen LogP contribution in [0.4, 0.5) is 0 Å². The fourth-order valence-corrected chi connectivity index (χ4v) is 1.75. The van der Waals surface area contributed by atoms with Crippen molar-refractivity contribution >= 4 is 0 Å². The molecule has 2 nitrogen and oxygen atoms in total. The molecule has 0 bridgehead atoms. The van der Waals surface area contributed by atoms with Gasteiger partial charge in [0, 0.05) is 0 Å². The van der Waals surface area contributed by atoms with Crippen molar-refractivity contribution < 1.29 is 0 Å². The highest BCUT2D eigenvalue weighted by Gasteiger charge is 2.24. The molecule has 15 heavy (non-hydrogen) atoms. The molecular weight excluding hydrogens is 184 g/mol. The summed E-state index contributed by atoms with van der Waals surface area (Å²) in [4.78, 5) is 0. The van der Waals surface area contributed by atoms with Gasteiger partial charge in [-0.05, 0) is 17.0 Å². The summed E-state index contributed by atoms with van der Waals surface area (Å²) in [5.41, 5.74) is 5.33. The molecule has 2 atom stereocenters. The smallest absolute Gasteiger partial charge is 0.0995 e. The van der Waals surface area contributed by atoms with Crippen molar-refractivity contribution in [1.82, 2.24) is 5.43 Å². The molecule has 3 N–H and O–H groups in total. The Morgan fingerprint density at radius 1 is 1.20 bits per heavy atom. The van der Waals surface area contributed by atoms with Gasteiger partial charge in [0.15, 0.2) is 0 Å². The highest BCUT2D eigenvalue weighted by molar-refractivity contribution is 5.42. The zero-order chi connectivity index (χ0) is 10.8. The number of hydrazine groups is 1. The molecule has 1 aromatic carbocycles. The highest BCUT2D eigenvalue weighted by atomic mass is 15.2. The van der Waals surface area contributed by atoms with Gasteiger partial charge in [0.2, 0.25) is 0 Å². The van der Waals surface area contributed by atoms with Crippen LogP contribution in [0, 0.1) is 11.8 Å². The van der Waals surface area contributed by atoms with E-state index in [4.69, 9.17) is 5.84 Å². The standard InChI is InChI=1S/C13H16N2/c1-9(2)10-3-5-11(6-4-10)12-7-8-13(12)15-14/h3-6,9,12-13,15H,14H2,1-2H3. The number of hydrogen-bond acceptors (Lipinski definition) is 2. The average Bonchev–Trinajstić information content (AvgIpc) is 2.17. The van der Waals surface area contributed by atoms with E-state index in [9.17, 15) is 0 Å². The molecule has 1 aliphatic carbocycles. The number of rotatable bonds is 3.